The Kier molecular flexibility index (Phi) is 8.43. The monoisotopic (exact) mass is 369 g/mol. The molecule has 2 aromatic carbocycles. The minimum atomic E-state index is -0.801. The molecule has 0 radical (unpaired) electrons. The lowest BCUT2D eigenvalue weighted by molar-refractivity contribution is 0.0195. The maximum absolute atomic E-state index is 11.8. The maximum Gasteiger partial charge on any atom is 0.508 e. The maximum atomic E-state index is 11.8. The number of benzene rings is 2. The first-order valence-corrected chi connectivity index (χ1v) is 8.60. The molecule has 27 heavy (non-hydrogen) atoms. The Balaban J connectivity index is 1.71. The number of nitrogens with one attached hydrogen (secondary N) is 1. The molecule has 2 aromatic rings. The lowest BCUT2D eigenvalue weighted by Gasteiger charge is -2.17. The van der Waals surface area contributed by atoms with Gasteiger partial charge in [-0.15, -0.1) is 6.58 Å². The second-order valence-electron chi connectivity index (χ2n) is 5.73. The fraction of sp³-hybridized carbons (Fsp3) is 0.238. The van der Waals surface area contributed by atoms with Gasteiger partial charge in [-0.25, -0.2) is 9.59 Å². The molecule has 0 fully saturated rings. The van der Waals surface area contributed by atoms with E-state index >= 15 is 0 Å². The van der Waals surface area contributed by atoms with Gasteiger partial charge in [0.2, 0.25) is 0 Å². The summed E-state index contributed by atoms with van der Waals surface area (Å²) in [5.74, 6) is 0. The summed E-state index contributed by atoms with van der Waals surface area (Å²) in [5, 5.41) is 2.58. The van der Waals surface area contributed by atoms with Gasteiger partial charge in [-0.1, -0.05) is 66.7 Å². The highest BCUT2D eigenvalue weighted by Crippen LogP contribution is 2.06. The normalized spacial score (nSPS) is 11.1. The summed E-state index contributed by atoms with van der Waals surface area (Å²) >= 11 is 0. The van der Waals surface area contributed by atoms with Crippen LogP contribution in [0.25, 0.3) is 0 Å². The van der Waals surface area contributed by atoms with Gasteiger partial charge in [-0.05, 0) is 11.1 Å². The Morgan fingerprint density at radius 3 is 2.04 bits per heavy atom. The molecule has 1 unspecified atom stereocenters. The van der Waals surface area contributed by atoms with Crippen molar-refractivity contribution in [2.75, 3.05) is 6.54 Å². The third-order valence-electron chi connectivity index (χ3n) is 3.58. The summed E-state index contributed by atoms with van der Waals surface area (Å²) in [5.41, 5.74) is 1.74. The molecule has 0 spiro atoms. The summed E-state index contributed by atoms with van der Waals surface area (Å²) in [7, 11) is 0. The van der Waals surface area contributed by atoms with E-state index in [9.17, 15) is 9.59 Å². The minimum absolute atomic E-state index is 0.0973. The van der Waals surface area contributed by atoms with E-state index in [0.717, 1.165) is 11.1 Å². The fourth-order valence-electron chi connectivity index (χ4n) is 2.22. The van der Waals surface area contributed by atoms with E-state index in [4.69, 9.17) is 14.2 Å². The second kappa shape index (κ2) is 11.4. The van der Waals surface area contributed by atoms with Gasteiger partial charge in [-0.3, -0.25) is 0 Å². The summed E-state index contributed by atoms with van der Waals surface area (Å²) < 4.78 is 15.4. The van der Waals surface area contributed by atoms with Crippen LogP contribution in [0.4, 0.5) is 9.59 Å². The van der Waals surface area contributed by atoms with Gasteiger partial charge in [0.15, 0.2) is 0 Å². The molecule has 2 rings (SSSR count). The first-order chi connectivity index (χ1) is 13.2. The SMILES string of the molecule is C=CCC(CNC(=O)OCc1ccccc1)OC(=O)OCc1ccccc1. The van der Waals surface area contributed by atoms with Crippen molar-refractivity contribution in [2.24, 2.45) is 0 Å². The molecule has 0 aliphatic rings. The van der Waals surface area contributed by atoms with Crippen molar-refractivity contribution in [1.82, 2.24) is 5.32 Å². The molecule has 0 heterocycles. The topological polar surface area (TPSA) is 73.9 Å². The molecular formula is C21H23NO5. The molecule has 0 saturated carbocycles. The molecule has 0 aliphatic carbocycles. The van der Waals surface area contributed by atoms with E-state index in [2.05, 4.69) is 11.9 Å². The van der Waals surface area contributed by atoms with Crippen LogP contribution < -0.4 is 5.32 Å². The highest BCUT2D eigenvalue weighted by atomic mass is 16.7. The zero-order valence-corrected chi connectivity index (χ0v) is 15.0. The smallest absolute Gasteiger partial charge is 0.445 e. The zero-order valence-electron chi connectivity index (χ0n) is 15.0. The van der Waals surface area contributed by atoms with E-state index in [-0.39, 0.29) is 19.8 Å². The van der Waals surface area contributed by atoms with E-state index < -0.39 is 18.4 Å². The van der Waals surface area contributed by atoms with E-state index in [1.165, 1.54) is 0 Å². The van der Waals surface area contributed by atoms with Crippen LogP contribution in [0.2, 0.25) is 0 Å². The van der Waals surface area contributed by atoms with Gasteiger partial charge in [0.25, 0.3) is 0 Å². The van der Waals surface area contributed by atoms with Crippen LogP contribution in [0, 0.1) is 0 Å². The Labute approximate surface area is 158 Å². The van der Waals surface area contributed by atoms with Gasteiger partial charge in [0.1, 0.15) is 19.3 Å². The largest absolute Gasteiger partial charge is 0.508 e. The average molecular weight is 369 g/mol. The number of alkyl carbamates (subject to hydrolysis) is 1. The third kappa shape index (κ3) is 8.09. The number of rotatable bonds is 9. The molecule has 6 heteroatoms. The van der Waals surface area contributed by atoms with Crippen LogP contribution in [-0.4, -0.2) is 24.9 Å². The number of ether oxygens (including phenoxy) is 3. The van der Waals surface area contributed by atoms with Crippen LogP contribution in [0.3, 0.4) is 0 Å². The molecular weight excluding hydrogens is 346 g/mol. The number of hydrogen-bond donors (Lipinski definition) is 1. The summed E-state index contributed by atoms with van der Waals surface area (Å²) in [6.45, 7) is 4.01. The quantitative estimate of drug-likeness (QED) is 0.529. The van der Waals surface area contributed by atoms with Crippen molar-refractivity contribution < 1.29 is 23.8 Å². The van der Waals surface area contributed by atoms with Crippen molar-refractivity contribution >= 4 is 12.2 Å². The van der Waals surface area contributed by atoms with Crippen molar-refractivity contribution in [2.45, 2.75) is 25.7 Å². The van der Waals surface area contributed by atoms with Gasteiger partial charge in [0.05, 0.1) is 6.54 Å². The van der Waals surface area contributed by atoms with Crippen molar-refractivity contribution in [1.29, 1.82) is 0 Å². The van der Waals surface area contributed by atoms with Crippen LogP contribution in [0.5, 0.6) is 0 Å². The zero-order chi connectivity index (χ0) is 19.3. The Hall–Kier alpha value is -3.28. The number of hydrogen-bond acceptors (Lipinski definition) is 5. The van der Waals surface area contributed by atoms with Crippen molar-refractivity contribution in [3.8, 4) is 0 Å². The van der Waals surface area contributed by atoms with Gasteiger partial charge in [-0.2, -0.15) is 0 Å². The van der Waals surface area contributed by atoms with Crippen LogP contribution >= 0.6 is 0 Å². The van der Waals surface area contributed by atoms with Crippen molar-refractivity contribution in [3.63, 3.8) is 0 Å². The highest BCUT2D eigenvalue weighted by molar-refractivity contribution is 5.67. The Morgan fingerprint density at radius 1 is 0.926 bits per heavy atom. The third-order valence-corrected chi connectivity index (χ3v) is 3.58. The van der Waals surface area contributed by atoms with E-state index in [0.29, 0.717) is 6.42 Å². The molecule has 0 aliphatic heterocycles. The van der Waals surface area contributed by atoms with Gasteiger partial charge in [0, 0.05) is 6.42 Å². The fourth-order valence-corrected chi connectivity index (χ4v) is 2.22. The summed E-state index contributed by atoms with van der Waals surface area (Å²) in [6, 6.07) is 18.6. The number of carbonyl (C=O) groups is 2. The number of amides is 1. The molecule has 0 saturated heterocycles. The Morgan fingerprint density at radius 2 is 1.48 bits per heavy atom. The van der Waals surface area contributed by atoms with E-state index in [1.807, 2.05) is 60.7 Å². The van der Waals surface area contributed by atoms with Crippen LogP contribution in [0.1, 0.15) is 17.5 Å². The lowest BCUT2D eigenvalue weighted by Crippen LogP contribution is -2.35. The summed E-state index contributed by atoms with van der Waals surface area (Å²) in [6.07, 6.45) is 0.000273. The molecule has 1 N–H and O–H groups in total. The first-order valence-electron chi connectivity index (χ1n) is 8.60. The second-order valence-corrected chi connectivity index (χ2v) is 5.73. The highest BCUT2D eigenvalue weighted by Gasteiger charge is 2.16. The molecule has 1 amide bonds. The molecule has 6 nitrogen and oxygen atoms in total. The average Bonchev–Trinajstić information content (AvgIpc) is 2.70. The van der Waals surface area contributed by atoms with Crippen LogP contribution in [-0.2, 0) is 27.4 Å². The minimum Gasteiger partial charge on any atom is -0.445 e. The molecule has 1 atom stereocenters. The first kappa shape index (κ1) is 20.0. The van der Waals surface area contributed by atoms with Gasteiger partial charge < -0.3 is 19.5 Å². The molecule has 142 valence electrons. The van der Waals surface area contributed by atoms with E-state index in [1.54, 1.807) is 6.08 Å². The van der Waals surface area contributed by atoms with Crippen LogP contribution in [0.15, 0.2) is 73.3 Å². The molecule has 0 bridgehead atoms. The van der Waals surface area contributed by atoms with Gasteiger partial charge >= 0.3 is 12.2 Å². The number of carbonyl (C=O) groups excluding carboxylic acids is 2. The molecule has 0 aromatic heterocycles. The van der Waals surface area contributed by atoms with Crippen molar-refractivity contribution in [3.05, 3.63) is 84.4 Å². The summed E-state index contributed by atoms with van der Waals surface area (Å²) in [4.78, 5) is 23.6. The lowest BCUT2D eigenvalue weighted by atomic mass is 10.2. The standard InChI is InChI=1S/C21H23NO5/c1-2-9-19(27-21(24)26-16-18-12-7-4-8-13-18)14-22-20(23)25-15-17-10-5-3-6-11-17/h2-8,10-13,19H,1,9,14-16H2,(H,22,23). The predicted octanol–water partition coefficient (Wildman–Crippen LogP) is 4.21. The Bertz CT molecular complexity index is 718. The predicted molar refractivity (Wildman–Crippen MR) is 101 cm³/mol.